The first-order valence-electron chi connectivity index (χ1n) is 4.62. The maximum atomic E-state index is 6.06. The fourth-order valence-corrected chi connectivity index (χ4v) is 2.01. The van der Waals surface area contributed by atoms with Crippen LogP contribution < -0.4 is 5.32 Å². The maximum absolute atomic E-state index is 6.06. The molecule has 2 rings (SSSR count). The van der Waals surface area contributed by atoms with Crippen LogP contribution in [0.3, 0.4) is 0 Å². The topological polar surface area (TPSA) is 21.3 Å². The molecule has 15 heavy (non-hydrogen) atoms. The van der Waals surface area contributed by atoms with Gasteiger partial charge in [-0.2, -0.15) is 0 Å². The van der Waals surface area contributed by atoms with Crippen LogP contribution in [-0.2, 0) is 11.3 Å². The third-order valence-electron chi connectivity index (χ3n) is 2.34. The van der Waals surface area contributed by atoms with E-state index in [9.17, 15) is 0 Å². The molecule has 1 N–H and O–H groups in total. The van der Waals surface area contributed by atoms with E-state index in [2.05, 4.69) is 5.32 Å². The molecule has 0 spiro atoms. The Hall–Kier alpha value is 0.01000. The highest BCUT2D eigenvalue weighted by molar-refractivity contribution is 6.44. The van der Waals surface area contributed by atoms with Crippen molar-refractivity contribution in [3.05, 3.63) is 32.8 Å². The van der Waals surface area contributed by atoms with Crippen molar-refractivity contribution in [2.24, 2.45) is 0 Å². The lowest BCUT2D eigenvalue weighted by Crippen LogP contribution is -2.45. The first kappa shape index (κ1) is 11.5. The van der Waals surface area contributed by atoms with Gasteiger partial charge in [-0.05, 0) is 12.1 Å². The quantitative estimate of drug-likeness (QED) is 0.849. The smallest absolute Gasteiger partial charge is 0.0652 e. The van der Waals surface area contributed by atoms with E-state index >= 15 is 0 Å². The Morgan fingerprint density at radius 2 is 1.87 bits per heavy atom. The van der Waals surface area contributed by atoms with Crippen LogP contribution in [0.15, 0.2) is 12.1 Å². The van der Waals surface area contributed by atoms with Crippen molar-refractivity contribution in [2.75, 3.05) is 13.2 Å². The zero-order chi connectivity index (χ0) is 10.8. The summed E-state index contributed by atoms with van der Waals surface area (Å²) in [4.78, 5) is 0. The summed E-state index contributed by atoms with van der Waals surface area (Å²) in [6, 6.07) is 3.85. The molecule has 1 aromatic carbocycles. The third kappa shape index (κ3) is 2.58. The van der Waals surface area contributed by atoms with Crippen LogP contribution in [0.1, 0.15) is 5.56 Å². The van der Waals surface area contributed by atoms with Gasteiger partial charge in [0.25, 0.3) is 0 Å². The molecule has 1 aliphatic rings. The largest absolute Gasteiger partial charge is 0.378 e. The highest BCUT2D eigenvalue weighted by atomic mass is 35.5. The average molecular weight is 267 g/mol. The van der Waals surface area contributed by atoms with Gasteiger partial charge in [0.15, 0.2) is 0 Å². The molecule has 1 saturated heterocycles. The van der Waals surface area contributed by atoms with Crippen molar-refractivity contribution in [1.82, 2.24) is 5.32 Å². The predicted molar refractivity (Wildman–Crippen MR) is 62.9 cm³/mol. The van der Waals surface area contributed by atoms with E-state index < -0.39 is 0 Å². The summed E-state index contributed by atoms with van der Waals surface area (Å²) in [5.41, 5.74) is 0.845. The zero-order valence-corrected chi connectivity index (χ0v) is 10.2. The number of halogens is 3. The van der Waals surface area contributed by atoms with Gasteiger partial charge in [0.05, 0.1) is 29.3 Å². The molecule has 1 fully saturated rings. The summed E-state index contributed by atoms with van der Waals surface area (Å²) in [6.07, 6.45) is 0. The lowest BCUT2D eigenvalue weighted by molar-refractivity contribution is -0.00577. The number of hydrogen-bond acceptors (Lipinski definition) is 2. The lowest BCUT2D eigenvalue weighted by Gasteiger charge is -2.27. The van der Waals surface area contributed by atoms with Crippen molar-refractivity contribution < 1.29 is 4.74 Å². The molecule has 0 atom stereocenters. The van der Waals surface area contributed by atoms with Gasteiger partial charge < -0.3 is 10.1 Å². The molecule has 1 aromatic rings. The molecule has 82 valence electrons. The van der Waals surface area contributed by atoms with Gasteiger partial charge in [0.1, 0.15) is 0 Å². The molecule has 0 amide bonds. The molecule has 5 heteroatoms. The van der Waals surface area contributed by atoms with Crippen LogP contribution in [0.4, 0.5) is 0 Å². The number of ether oxygens (including phenoxy) is 1. The SMILES string of the molecule is Clc1ccc(Cl)c(CNC2COC2)c1Cl. The van der Waals surface area contributed by atoms with Gasteiger partial charge in [-0.25, -0.2) is 0 Å². The summed E-state index contributed by atoms with van der Waals surface area (Å²) in [5, 5.41) is 4.98. The fraction of sp³-hybridized carbons (Fsp3) is 0.400. The molecule has 0 aromatic heterocycles. The third-order valence-corrected chi connectivity index (χ3v) is 3.54. The van der Waals surface area contributed by atoms with Gasteiger partial charge in [0.2, 0.25) is 0 Å². The first-order chi connectivity index (χ1) is 7.18. The molecular formula is C10H10Cl3NO. The second kappa shape index (κ2) is 4.89. The highest BCUT2D eigenvalue weighted by Crippen LogP contribution is 2.31. The fourth-order valence-electron chi connectivity index (χ4n) is 1.33. The van der Waals surface area contributed by atoms with Crippen molar-refractivity contribution in [3.8, 4) is 0 Å². The molecule has 1 aliphatic heterocycles. The molecule has 0 bridgehead atoms. The second-order valence-corrected chi connectivity index (χ2v) is 4.63. The molecule has 0 unspecified atom stereocenters. The summed E-state index contributed by atoms with van der Waals surface area (Å²) in [7, 11) is 0. The van der Waals surface area contributed by atoms with Crippen molar-refractivity contribution in [1.29, 1.82) is 0 Å². The second-order valence-electron chi connectivity index (χ2n) is 3.44. The van der Waals surface area contributed by atoms with Gasteiger partial charge in [-0.15, -0.1) is 0 Å². The molecule has 0 radical (unpaired) electrons. The van der Waals surface area contributed by atoms with Gasteiger partial charge >= 0.3 is 0 Å². The van der Waals surface area contributed by atoms with E-state index in [0.717, 1.165) is 18.8 Å². The Balaban J connectivity index is 2.08. The summed E-state index contributed by atoms with van der Waals surface area (Å²) < 4.78 is 5.05. The van der Waals surface area contributed by atoms with Crippen LogP contribution in [0.25, 0.3) is 0 Å². The number of rotatable bonds is 3. The standard InChI is InChI=1S/C10H10Cl3NO/c11-8-1-2-9(12)10(13)7(8)3-14-6-4-15-5-6/h1-2,6,14H,3-5H2. The number of nitrogens with one attached hydrogen (secondary N) is 1. The van der Waals surface area contributed by atoms with Crippen LogP contribution in [0.5, 0.6) is 0 Å². The van der Waals surface area contributed by atoms with E-state index in [1.165, 1.54) is 0 Å². The van der Waals surface area contributed by atoms with Crippen molar-refractivity contribution in [3.63, 3.8) is 0 Å². The van der Waals surface area contributed by atoms with E-state index in [1.54, 1.807) is 12.1 Å². The Kier molecular flexibility index (Phi) is 3.75. The van der Waals surface area contributed by atoms with Crippen LogP contribution in [-0.4, -0.2) is 19.3 Å². The molecule has 2 nitrogen and oxygen atoms in total. The zero-order valence-electron chi connectivity index (χ0n) is 7.90. The number of hydrogen-bond donors (Lipinski definition) is 1. The summed E-state index contributed by atoms with van der Waals surface area (Å²) in [5.74, 6) is 0. The molecule has 0 aliphatic carbocycles. The lowest BCUT2D eigenvalue weighted by atomic mass is 10.2. The minimum absolute atomic E-state index is 0.399. The van der Waals surface area contributed by atoms with E-state index in [-0.39, 0.29) is 0 Å². The predicted octanol–water partition coefficient (Wildman–Crippen LogP) is 3.14. The van der Waals surface area contributed by atoms with Crippen molar-refractivity contribution in [2.45, 2.75) is 12.6 Å². The van der Waals surface area contributed by atoms with Gasteiger partial charge in [-0.3, -0.25) is 0 Å². The minimum Gasteiger partial charge on any atom is -0.378 e. The molecule has 0 saturated carbocycles. The average Bonchev–Trinajstić information content (AvgIpc) is 2.15. The van der Waals surface area contributed by atoms with Crippen LogP contribution in [0.2, 0.25) is 15.1 Å². The maximum Gasteiger partial charge on any atom is 0.0652 e. The molecular weight excluding hydrogens is 256 g/mol. The first-order valence-corrected chi connectivity index (χ1v) is 5.75. The van der Waals surface area contributed by atoms with E-state index in [1.807, 2.05) is 0 Å². The molecule has 1 heterocycles. The summed E-state index contributed by atoms with van der Waals surface area (Å²) in [6.45, 7) is 2.11. The van der Waals surface area contributed by atoms with Gasteiger partial charge in [0, 0.05) is 17.1 Å². The Morgan fingerprint density at radius 3 is 2.47 bits per heavy atom. The Labute approximate surface area is 103 Å². The van der Waals surface area contributed by atoms with Crippen LogP contribution >= 0.6 is 34.8 Å². The van der Waals surface area contributed by atoms with Crippen molar-refractivity contribution >= 4 is 34.8 Å². The van der Waals surface area contributed by atoms with Gasteiger partial charge in [-0.1, -0.05) is 34.8 Å². The Morgan fingerprint density at radius 1 is 1.20 bits per heavy atom. The summed E-state index contributed by atoms with van der Waals surface area (Å²) >= 11 is 18.0. The normalized spacial score (nSPS) is 16.5. The monoisotopic (exact) mass is 265 g/mol. The highest BCUT2D eigenvalue weighted by Gasteiger charge is 2.18. The number of benzene rings is 1. The Bertz CT molecular complexity index is 366. The van der Waals surface area contributed by atoms with Crippen LogP contribution in [0, 0.1) is 0 Å². The minimum atomic E-state index is 0.399. The van der Waals surface area contributed by atoms with E-state index in [4.69, 9.17) is 39.5 Å². The van der Waals surface area contributed by atoms with E-state index in [0.29, 0.717) is 27.7 Å².